The van der Waals surface area contributed by atoms with Crippen LogP contribution in [-0.4, -0.2) is 64.4 Å². The average Bonchev–Trinajstić information content (AvgIpc) is 3.33. The second kappa shape index (κ2) is 7.83. The van der Waals surface area contributed by atoms with Gasteiger partial charge in [-0.25, -0.2) is 4.98 Å². The molecule has 3 aliphatic rings. The van der Waals surface area contributed by atoms with Crippen LogP contribution in [0.15, 0.2) is 0 Å². The van der Waals surface area contributed by atoms with E-state index in [1.54, 1.807) is 0 Å². The fourth-order valence-corrected chi connectivity index (χ4v) is 4.26. The summed E-state index contributed by atoms with van der Waals surface area (Å²) in [6.07, 6.45) is 5.01. The summed E-state index contributed by atoms with van der Waals surface area (Å²) >= 11 is 0. The van der Waals surface area contributed by atoms with Gasteiger partial charge in [0.05, 0.1) is 18.9 Å². The minimum absolute atomic E-state index is 0.0767. The number of aromatic nitrogens is 2. The number of nitrogens with one attached hydrogen (secondary N) is 1. The van der Waals surface area contributed by atoms with E-state index in [1.807, 2.05) is 23.3 Å². The van der Waals surface area contributed by atoms with Gasteiger partial charge >= 0.3 is 0 Å². The first-order chi connectivity index (χ1) is 13.5. The Morgan fingerprint density at radius 1 is 1.18 bits per heavy atom. The first-order valence-electron chi connectivity index (χ1n) is 10.5. The molecule has 0 saturated carbocycles. The molecule has 0 bridgehead atoms. The number of likely N-dealkylation sites (tertiary alicyclic amines) is 1. The van der Waals surface area contributed by atoms with E-state index in [0.717, 1.165) is 37.9 Å². The summed E-state index contributed by atoms with van der Waals surface area (Å²) in [5.41, 5.74) is 1.34. The van der Waals surface area contributed by atoms with Crippen molar-refractivity contribution in [2.45, 2.75) is 70.7 Å². The van der Waals surface area contributed by atoms with Crippen molar-refractivity contribution in [3.63, 3.8) is 0 Å². The van der Waals surface area contributed by atoms with Gasteiger partial charge in [-0.1, -0.05) is 6.92 Å². The Kier molecular flexibility index (Phi) is 5.42. The first-order valence-corrected chi connectivity index (χ1v) is 10.5. The van der Waals surface area contributed by atoms with E-state index in [2.05, 4.69) is 10.3 Å². The molecule has 4 heterocycles. The molecule has 154 valence electrons. The van der Waals surface area contributed by atoms with Gasteiger partial charge in [0, 0.05) is 38.5 Å². The molecule has 28 heavy (non-hydrogen) atoms. The minimum Gasteiger partial charge on any atom is -0.347 e. The van der Waals surface area contributed by atoms with Crippen molar-refractivity contribution in [1.29, 1.82) is 0 Å². The molecular weight excluding hydrogens is 360 g/mol. The van der Waals surface area contributed by atoms with E-state index < -0.39 is 5.79 Å². The van der Waals surface area contributed by atoms with Crippen molar-refractivity contribution in [2.24, 2.45) is 0 Å². The van der Waals surface area contributed by atoms with Gasteiger partial charge in [0.2, 0.25) is 0 Å². The topological polar surface area (TPSA) is 85.7 Å². The summed E-state index contributed by atoms with van der Waals surface area (Å²) in [6.45, 7) is 7.15. The Morgan fingerprint density at radius 2 is 1.89 bits per heavy atom. The molecule has 1 spiro atoms. The molecule has 3 aliphatic heterocycles. The normalized spacial score (nSPS) is 22.1. The molecule has 1 atom stereocenters. The number of carbonyl (C=O) groups excluding carboxylic acids is 2. The van der Waals surface area contributed by atoms with Crippen LogP contribution < -0.4 is 5.32 Å². The molecule has 1 N–H and O–H groups in total. The standard InChI is InChI=1S/C20H30N4O4/c1-3-14(2)21-18(25)17-22-16(15-6-4-5-9-24(15)17)19(26)23-10-7-20(8-11-23)27-12-13-28-20/h14H,3-13H2,1-2H3,(H,21,25). The zero-order chi connectivity index (χ0) is 19.7. The number of ether oxygens (including phenoxy) is 2. The molecule has 8 heteroatoms. The van der Waals surface area contributed by atoms with Crippen LogP contribution >= 0.6 is 0 Å². The smallest absolute Gasteiger partial charge is 0.287 e. The first kappa shape index (κ1) is 19.4. The lowest BCUT2D eigenvalue weighted by Gasteiger charge is -2.37. The van der Waals surface area contributed by atoms with Crippen LogP contribution in [0.25, 0.3) is 0 Å². The van der Waals surface area contributed by atoms with Crippen molar-refractivity contribution < 1.29 is 19.1 Å². The van der Waals surface area contributed by atoms with Crippen molar-refractivity contribution in [2.75, 3.05) is 26.3 Å². The van der Waals surface area contributed by atoms with E-state index >= 15 is 0 Å². The third-order valence-electron chi connectivity index (χ3n) is 6.14. The molecule has 2 saturated heterocycles. The molecule has 2 fully saturated rings. The van der Waals surface area contributed by atoms with Crippen LogP contribution in [-0.2, 0) is 22.4 Å². The van der Waals surface area contributed by atoms with Crippen LogP contribution in [0.1, 0.15) is 72.8 Å². The van der Waals surface area contributed by atoms with Crippen molar-refractivity contribution in [3.05, 3.63) is 17.2 Å². The monoisotopic (exact) mass is 390 g/mol. The van der Waals surface area contributed by atoms with Crippen LogP contribution in [0, 0.1) is 0 Å². The zero-order valence-electron chi connectivity index (χ0n) is 16.8. The molecular formula is C20H30N4O4. The predicted octanol–water partition coefficient (Wildman–Crippen LogP) is 1.73. The lowest BCUT2D eigenvalue weighted by molar-refractivity contribution is -0.181. The second-order valence-electron chi connectivity index (χ2n) is 8.02. The van der Waals surface area contributed by atoms with Gasteiger partial charge in [0.1, 0.15) is 5.69 Å². The summed E-state index contributed by atoms with van der Waals surface area (Å²) in [6, 6.07) is 0.0767. The van der Waals surface area contributed by atoms with Crippen molar-refractivity contribution in [1.82, 2.24) is 19.8 Å². The Balaban J connectivity index is 1.54. The molecule has 8 nitrogen and oxygen atoms in total. The van der Waals surface area contributed by atoms with Gasteiger partial charge in [0.25, 0.3) is 11.8 Å². The maximum absolute atomic E-state index is 13.2. The molecule has 1 unspecified atom stereocenters. The third kappa shape index (κ3) is 3.55. The summed E-state index contributed by atoms with van der Waals surface area (Å²) in [5, 5.41) is 2.98. The molecule has 1 aromatic heterocycles. The van der Waals surface area contributed by atoms with Crippen LogP contribution in [0.5, 0.6) is 0 Å². The lowest BCUT2D eigenvalue weighted by Crippen LogP contribution is -2.47. The van der Waals surface area contributed by atoms with E-state index in [1.165, 1.54) is 0 Å². The number of piperidine rings is 1. The predicted molar refractivity (Wildman–Crippen MR) is 102 cm³/mol. The highest BCUT2D eigenvalue weighted by atomic mass is 16.7. The Hall–Kier alpha value is -1.93. The number of hydrogen-bond acceptors (Lipinski definition) is 5. The number of nitrogens with zero attached hydrogens (tertiary/aromatic N) is 3. The number of rotatable bonds is 4. The van der Waals surface area contributed by atoms with Crippen LogP contribution in [0.2, 0.25) is 0 Å². The summed E-state index contributed by atoms with van der Waals surface area (Å²) in [5.74, 6) is -0.413. The number of fused-ring (bicyclic) bond motifs is 1. The van der Waals surface area contributed by atoms with Crippen molar-refractivity contribution >= 4 is 11.8 Å². The average molecular weight is 390 g/mol. The Labute approximate surface area is 165 Å². The Morgan fingerprint density at radius 3 is 2.57 bits per heavy atom. The Bertz CT molecular complexity index is 744. The van der Waals surface area contributed by atoms with E-state index in [0.29, 0.717) is 50.7 Å². The second-order valence-corrected chi connectivity index (χ2v) is 8.02. The minimum atomic E-state index is -0.508. The van der Waals surface area contributed by atoms with E-state index in [9.17, 15) is 9.59 Å². The summed E-state index contributed by atoms with van der Waals surface area (Å²) in [7, 11) is 0. The maximum atomic E-state index is 13.2. The molecule has 0 aromatic carbocycles. The molecule has 0 aliphatic carbocycles. The molecule has 2 amide bonds. The number of imidazole rings is 1. The van der Waals surface area contributed by atoms with E-state index in [4.69, 9.17) is 9.47 Å². The highest BCUT2D eigenvalue weighted by molar-refractivity contribution is 5.97. The molecule has 0 radical (unpaired) electrons. The van der Waals surface area contributed by atoms with Gasteiger partial charge < -0.3 is 24.3 Å². The number of hydrogen-bond donors (Lipinski definition) is 1. The van der Waals surface area contributed by atoms with Crippen LogP contribution in [0.4, 0.5) is 0 Å². The maximum Gasteiger partial charge on any atom is 0.287 e. The fraction of sp³-hybridized carbons (Fsp3) is 0.750. The molecule has 4 rings (SSSR count). The molecule has 1 aromatic rings. The lowest BCUT2D eigenvalue weighted by atomic mass is 10.0. The number of carbonyl (C=O) groups is 2. The highest BCUT2D eigenvalue weighted by Crippen LogP contribution is 2.32. The zero-order valence-corrected chi connectivity index (χ0v) is 16.8. The van der Waals surface area contributed by atoms with Gasteiger partial charge in [-0.3, -0.25) is 9.59 Å². The highest BCUT2D eigenvalue weighted by Gasteiger charge is 2.41. The van der Waals surface area contributed by atoms with Gasteiger partial charge in [-0.2, -0.15) is 0 Å². The van der Waals surface area contributed by atoms with Crippen molar-refractivity contribution in [3.8, 4) is 0 Å². The largest absolute Gasteiger partial charge is 0.347 e. The third-order valence-corrected chi connectivity index (χ3v) is 6.14. The van der Waals surface area contributed by atoms with Gasteiger partial charge in [-0.15, -0.1) is 0 Å². The summed E-state index contributed by atoms with van der Waals surface area (Å²) in [4.78, 5) is 32.3. The fourth-order valence-electron chi connectivity index (χ4n) is 4.26. The quantitative estimate of drug-likeness (QED) is 0.846. The van der Waals surface area contributed by atoms with E-state index in [-0.39, 0.29) is 17.9 Å². The van der Waals surface area contributed by atoms with Crippen LogP contribution in [0.3, 0.4) is 0 Å². The van der Waals surface area contributed by atoms with Gasteiger partial charge in [-0.05, 0) is 32.6 Å². The summed E-state index contributed by atoms with van der Waals surface area (Å²) < 4.78 is 13.5. The SMILES string of the molecule is CCC(C)NC(=O)c1nc(C(=O)N2CCC3(CC2)OCCO3)c2n1CCCC2. The number of amides is 2. The van der Waals surface area contributed by atoms with Gasteiger partial charge in [0.15, 0.2) is 11.6 Å².